The van der Waals surface area contributed by atoms with Gasteiger partial charge in [0, 0.05) is 12.5 Å². The number of hydrogen-bond donors (Lipinski definition) is 0. The predicted octanol–water partition coefficient (Wildman–Crippen LogP) is 4.65. The van der Waals surface area contributed by atoms with E-state index in [0.29, 0.717) is 5.56 Å². The zero-order chi connectivity index (χ0) is 18.7. The number of esters is 1. The fraction of sp³-hybridized carbons (Fsp3) is 0.364. The average Bonchev–Trinajstić information content (AvgIpc) is 3.00. The molecule has 136 valence electrons. The lowest BCUT2D eigenvalue weighted by molar-refractivity contribution is -0.149. The maximum absolute atomic E-state index is 11.3. The summed E-state index contributed by atoms with van der Waals surface area (Å²) in [7, 11) is 0. The molecule has 3 rings (SSSR count). The van der Waals surface area contributed by atoms with E-state index in [1.807, 2.05) is 44.2 Å². The number of benzene rings is 2. The minimum Gasteiger partial charge on any atom is -0.487 e. The summed E-state index contributed by atoms with van der Waals surface area (Å²) in [5.74, 6) is 0.530. The van der Waals surface area contributed by atoms with Crippen LogP contribution in [0.5, 0.6) is 5.75 Å². The van der Waals surface area contributed by atoms with Crippen molar-refractivity contribution in [2.45, 2.75) is 52.2 Å². The molecule has 0 bridgehead atoms. The van der Waals surface area contributed by atoms with Gasteiger partial charge in [0.05, 0.1) is 0 Å². The first-order valence-electron chi connectivity index (χ1n) is 8.98. The average molecular weight is 352 g/mol. The molecule has 2 aromatic carbocycles. The summed E-state index contributed by atoms with van der Waals surface area (Å²) < 4.78 is 11.5. The van der Waals surface area contributed by atoms with E-state index in [4.69, 9.17) is 9.47 Å². The molecule has 26 heavy (non-hydrogen) atoms. The van der Waals surface area contributed by atoms with Crippen LogP contribution in [-0.4, -0.2) is 24.5 Å². The van der Waals surface area contributed by atoms with E-state index < -0.39 is 0 Å². The van der Waals surface area contributed by atoms with Crippen molar-refractivity contribution >= 4 is 12.3 Å². The Kier molecular flexibility index (Phi) is 5.40. The van der Waals surface area contributed by atoms with Gasteiger partial charge in [0.1, 0.15) is 24.2 Å². The second kappa shape index (κ2) is 7.73. The standard InChI is InChI=1S/C22H24O4/c1-14-10-19(26-21-9-5-8-20(21)25-16(3)24)11-15(2)22(14)18-7-4-6-17(12-18)13-23/h4,6-7,10-13,20-21H,5,8-9H2,1-3H3/t20-,21-/m1/s1. The maximum Gasteiger partial charge on any atom is 0.303 e. The first kappa shape index (κ1) is 18.2. The Morgan fingerprint density at radius 2 is 1.77 bits per heavy atom. The summed E-state index contributed by atoms with van der Waals surface area (Å²) in [6, 6.07) is 11.6. The van der Waals surface area contributed by atoms with Gasteiger partial charge >= 0.3 is 5.97 Å². The van der Waals surface area contributed by atoms with Crippen molar-refractivity contribution in [1.82, 2.24) is 0 Å². The second-order valence-electron chi connectivity index (χ2n) is 6.91. The zero-order valence-corrected chi connectivity index (χ0v) is 15.5. The van der Waals surface area contributed by atoms with Gasteiger partial charge in [0.15, 0.2) is 0 Å². The first-order valence-corrected chi connectivity index (χ1v) is 8.98. The number of ether oxygens (including phenoxy) is 2. The van der Waals surface area contributed by atoms with Gasteiger partial charge in [0.2, 0.25) is 0 Å². The number of carbonyl (C=O) groups excluding carboxylic acids is 2. The highest BCUT2D eigenvalue weighted by atomic mass is 16.6. The Bertz CT molecular complexity index is 802. The van der Waals surface area contributed by atoms with Gasteiger partial charge in [-0.2, -0.15) is 0 Å². The number of rotatable bonds is 5. The van der Waals surface area contributed by atoms with E-state index in [9.17, 15) is 9.59 Å². The highest BCUT2D eigenvalue weighted by Crippen LogP contribution is 2.33. The third-order valence-electron chi connectivity index (χ3n) is 4.81. The Labute approximate surface area is 154 Å². The maximum atomic E-state index is 11.3. The molecule has 1 aliphatic carbocycles. The second-order valence-corrected chi connectivity index (χ2v) is 6.91. The largest absolute Gasteiger partial charge is 0.487 e. The van der Waals surface area contributed by atoms with E-state index in [1.54, 1.807) is 6.07 Å². The summed E-state index contributed by atoms with van der Waals surface area (Å²) >= 11 is 0. The van der Waals surface area contributed by atoms with Crippen LogP contribution in [-0.2, 0) is 9.53 Å². The fourth-order valence-corrected chi connectivity index (χ4v) is 3.76. The van der Waals surface area contributed by atoms with Crippen molar-refractivity contribution < 1.29 is 19.1 Å². The molecule has 0 amide bonds. The molecule has 2 aromatic rings. The van der Waals surface area contributed by atoms with Crippen LogP contribution in [0.3, 0.4) is 0 Å². The minimum absolute atomic E-state index is 0.0954. The number of hydrogen-bond acceptors (Lipinski definition) is 4. The van der Waals surface area contributed by atoms with Crippen molar-refractivity contribution in [2.75, 3.05) is 0 Å². The van der Waals surface area contributed by atoms with Crippen LogP contribution in [0.2, 0.25) is 0 Å². The van der Waals surface area contributed by atoms with E-state index >= 15 is 0 Å². The molecular weight excluding hydrogens is 328 g/mol. The lowest BCUT2D eigenvalue weighted by atomic mass is 9.94. The Hall–Kier alpha value is -2.62. The quantitative estimate of drug-likeness (QED) is 0.581. The number of aldehydes is 1. The van der Waals surface area contributed by atoms with Gasteiger partial charge in [-0.05, 0) is 73.6 Å². The monoisotopic (exact) mass is 352 g/mol. The molecule has 0 spiro atoms. The van der Waals surface area contributed by atoms with Crippen LogP contribution in [0.1, 0.15) is 47.7 Å². The highest BCUT2D eigenvalue weighted by molar-refractivity contribution is 5.80. The van der Waals surface area contributed by atoms with Crippen molar-refractivity contribution in [3.05, 3.63) is 53.1 Å². The molecule has 4 nitrogen and oxygen atoms in total. The fourth-order valence-electron chi connectivity index (χ4n) is 3.76. The normalized spacial score (nSPS) is 19.2. The van der Waals surface area contributed by atoms with Gasteiger partial charge in [0.25, 0.3) is 0 Å². The van der Waals surface area contributed by atoms with Gasteiger partial charge in [-0.25, -0.2) is 0 Å². The number of aryl methyl sites for hydroxylation is 2. The Morgan fingerprint density at radius 1 is 1.08 bits per heavy atom. The molecule has 0 aromatic heterocycles. The van der Waals surface area contributed by atoms with Crippen LogP contribution >= 0.6 is 0 Å². The molecule has 0 aliphatic heterocycles. The molecule has 0 saturated heterocycles. The SMILES string of the molecule is CC(=O)O[C@@H]1CCC[C@H]1Oc1cc(C)c(-c2cccc(C=O)c2)c(C)c1. The van der Waals surface area contributed by atoms with Crippen molar-refractivity contribution in [1.29, 1.82) is 0 Å². The number of carbonyl (C=O) groups is 2. The summed E-state index contributed by atoms with van der Waals surface area (Å²) in [6.45, 7) is 5.52. The van der Waals surface area contributed by atoms with Gasteiger partial charge in [-0.15, -0.1) is 0 Å². The molecular formula is C22H24O4. The molecule has 0 radical (unpaired) electrons. The zero-order valence-electron chi connectivity index (χ0n) is 15.5. The van der Waals surface area contributed by atoms with E-state index in [0.717, 1.165) is 53.6 Å². The van der Waals surface area contributed by atoms with Crippen LogP contribution in [0.15, 0.2) is 36.4 Å². The van der Waals surface area contributed by atoms with Crippen LogP contribution in [0.25, 0.3) is 11.1 Å². The first-order chi connectivity index (χ1) is 12.5. The van der Waals surface area contributed by atoms with E-state index in [2.05, 4.69) is 0 Å². The molecule has 4 heteroatoms. The Morgan fingerprint density at radius 3 is 2.42 bits per heavy atom. The molecule has 1 saturated carbocycles. The molecule has 1 aliphatic rings. The molecule has 0 unspecified atom stereocenters. The highest BCUT2D eigenvalue weighted by Gasteiger charge is 2.31. The van der Waals surface area contributed by atoms with Crippen molar-refractivity contribution in [3.8, 4) is 16.9 Å². The van der Waals surface area contributed by atoms with Crippen LogP contribution in [0.4, 0.5) is 0 Å². The van der Waals surface area contributed by atoms with Crippen molar-refractivity contribution in [3.63, 3.8) is 0 Å². The predicted molar refractivity (Wildman–Crippen MR) is 101 cm³/mol. The van der Waals surface area contributed by atoms with Crippen LogP contribution < -0.4 is 4.74 Å². The lowest BCUT2D eigenvalue weighted by Gasteiger charge is -2.22. The molecule has 1 fully saturated rings. The summed E-state index contributed by atoms with van der Waals surface area (Å²) in [4.78, 5) is 22.3. The van der Waals surface area contributed by atoms with Gasteiger partial charge < -0.3 is 9.47 Å². The Balaban J connectivity index is 1.85. The molecule has 0 heterocycles. The third-order valence-corrected chi connectivity index (χ3v) is 4.81. The van der Waals surface area contributed by atoms with Gasteiger partial charge in [-0.3, -0.25) is 9.59 Å². The third kappa shape index (κ3) is 3.96. The topological polar surface area (TPSA) is 52.6 Å². The summed E-state index contributed by atoms with van der Waals surface area (Å²) in [6.07, 6.45) is 3.33. The van der Waals surface area contributed by atoms with E-state index in [1.165, 1.54) is 6.92 Å². The lowest BCUT2D eigenvalue weighted by Crippen LogP contribution is -2.30. The molecule has 0 N–H and O–H groups in total. The van der Waals surface area contributed by atoms with Crippen molar-refractivity contribution in [2.24, 2.45) is 0 Å². The van der Waals surface area contributed by atoms with Crippen LogP contribution in [0, 0.1) is 13.8 Å². The summed E-state index contributed by atoms with van der Waals surface area (Å²) in [5, 5.41) is 0. The minimum atomic E-state index is -0.261. The van der Waals surface area contributed by atoms with Gasteiger partial charge in [-0.1, -0.05) is 18.2 Å². The van der Waals surface area contributed by atoms with E-state index in [-0.39, 0.29) is 18.2 Å². The smallest absolute Gasteiger partial charge is 0.303 e. The summed E-state index contributed by atoms with van der Waals surface area (Å²) in [5.41, 5.74) is 4.98. The molecule has 2 atom stereocenters.